The molecule has 9 aromatic rings. The van der Waals surface area contributed by atoms with Crippen molar-refractivity contribution in [3.8, 4) is 74.0 Å². The lowest BCUT2D eigenvalue weighted by molar-refractivity contribution is 0.00316. The number of alkyl halides is 1. The van der Waals surface area contributed by atoms with Crippen LogP contribution >= 0.6 is 45.2 Å². The van der Waals surface area contributed by atoms with Crippen molar-refractivity contribution in [2.45, 2.75) is 54.5 Å². The van der Waals surface area contributed by atoms with Crippen molar-refractivity contribution in [1.82, 2.24) is 0 Å². The number of phenols is 5. The molecule has 1 aliphatic carbocycles. The van der Waals surface area contributed by atoms with Crippen LogP contribution in [0.5, 0.6) is 51.7 Å². The first-order valence-corrected chi connectivity index (χ1v) is 30.4. The lowest BCUT2D eigenvalue weighted by atomic mass is 9.73. The molecule has 1 aliphatic rings. The molecule has 0 radical (unpaired) electrons. The Hall–Kier alpha value is -7.92. The van der Waals surface area contributed by atoms with Crippen molar-refractivity contribution in [2.75, 3.05) is 33.0 Å². The summed E-state index contributed by atoms with van der Waals surface area (Å²) >= 11 is 4.95. The minimum Gasteiger partial charge on any atom is -0.508 e. The van der Waals surface area contributed by atoms with Gasteiger partial charge < -0.3 is 49.2 Å². The van der Waals surface area contributed by atoms with Gasteiger partial charge in [-0.15, -0.1) is 0 Å². The number of allylic oxidation sites excluding steroid dienone is 2. The van der Waals surface area contributed by atoms with Gasteiger partial charge in [-0.05, 0) is 207 Å². The molecule has 0 saturated heterocycles. The highest BCUT2D eigenvalue weighted by Gasteiger charge is 2.44. The standard InChI is InChI=1S/C72H66I2O10/c1-72(84-43-38-52-10-26-62(79)27-11-52)67(46-57(73)47-70(72)74)71(65-44-55(16-32-68(65)82-41-36-50-6-22-60(77)23-7-50)53-12-28-63(29-13-53)80-39-34-48-2-18-58(75)19-3-48)66-45-56(17-33-69(66)83-42-37-51-8-24-61(78)25-9-51)54-14-30-64(31-15-54)81-40-35-49-4-20-59(76)21-5-49/h2-33,44-47,70-71,75-79H,34-43H2,1H3. The number of rotatable bonds is 25. The van der Waals surface area contributed by atoms with E-state index in [1.54, 1.807) is 60.7 Å². The molecular weight excluding hydrogens is 1280 g/mol. The second kappa shape index (κ2) is 28.1. The summed E-state index contributed by atoms with van der Waals surface area (Å²) < 4.78 is 34.8. The Labute approximate surface area is 518 Å². The SMILES string of the molecule is CC1(OCCc2ccc(O)cc2)C(C(c2cc(-c3ccc(OCCc4ccc(O)cc4)cc3)ccc2OCCc2ccc(O)cc2)c2cc(-c3ccc(OCCc4ccc(O)cc4)cc3)ccc2OCCc2ccc(O)cc2)=CC(I)=CC1I. The lowest BCUT2D eigenvalue weighted by Gasteiger charge is -2.42. The van der Waals surface area contributed by atoms with E-state index in [2.05, 4.69) is 125 Å². The van der Waals surface area contributed by atoms with E-state index in [0.717, 1.165) is 81.8 Å². The average molecular weight is 1350 g/mol. The highest BCUT2D eigenvalue weighted by molar-refractivity contribution is 14.1. The van der Waals surface area contributed by atoms with Gasteiger partial charge in [0.2, 0.25) is 0 Å². The number of aromatic hydroxyl groups is 5. The monoisotopic (exact) mass is 1340 g/mol. The largest absolute Gasteiger partial charge is 0.508 e. The average Bonchev–Trinajstić information content (AvgIpc) is 3.24. The molecule has 2 atom stereocenters. The molecule has 84 heavy (non-hydrogen) atoms. The molecule has 0 amide bonds. The fourth-order valence-corrected chi connectivity index (χ4v) is 12.6. The molecule has 0 aliphatic heterocycles. The third kappa shape index (κ3) is 15.6. The number of hydrogen-bond acceptors (Lipinski definition) is 10. The molecule has 10 rings (SSSR count). The normalized spacial score (nSPS) is 14.8. The van der Waals surface area contributed by atoms with E-state index >= 15 is 0 Å². The first-order chi connectivity index (χ1) is 40.8. The van der Waals surface area contributed by atoms with Crippen LogP contribution in [-0.4, -0.2) is 68.1 Å². The summed E-state index contributed by atoms with van der Waals surface area (Å²) in [4.78, 5) is 0. The number of phenolic OH excluding ortho intramolecular Hbond substituents is 5. The van der Waals surface area contributed by atoms with Crippen LogP contribution in [-0.2, 0) is 36.8 Å². The Bertz CT molecular complexity index is 3470. The van der Waals surface area contributed by atoms with Crippen molar-refractivity contribution >= 4 is 45.2 Å². The van der Waals surface area contributed by atoms with Crippen LogP contribution in [0.15, 0.2) is 228 Å². The minimum absolute atomic E-state index is 0.114. The molecule has 10 nitrogen and oxygen atoms in total. The van der Waals surface area contributed by atoms with Gasteiger partial charge in [0.15, 0.2) is 0 Å². The second-order valence-electron chi connectivity index (χ2n) is 21.0. The van der Waals surface area contributed by atoms with Crippen LogP contribution in [0.2, 0.25) is 0 Å². The molecule has 0 bridgehead atoms. The van der Waals surface area contributed by atoms with Crippen molar-refractivity contribution < 1.29 is 49.2 Å². The highest BCUT2D eigenvalue weighted by atomic mass is 127. The van der Waals surface area contributed by atoms with Crippen LogP contribution in [0, 0.1) is 0 Å². The quantitative estimate of drug-likeness (QED) is 0.0277. The first-order valence-electron chi connectivity index (χ1n) is 28.1. The molecule has 0 heterocycles. The molecule has 0 fully saturated rings. The summed E-state index contributed by atoms with van der Waals surface area (Å²) in [6.07, 6.45) is 7.69. The molecule has 0 saturated carbocycles. The van der Waals surface area contributed by atoms with Crippen molar-refractivity contribution in [3.05, 3.63) is 267 Å². The lowest BCUT2D eigenvalue weighted by Crippen LogP contribution is -2.44. The maximum atomic E-state index is 10.1. The Kier molecular flexibility index (Phi) is 19.8. The van der Waals surface area contributed by atoms with Gasteiger partial charge in [0, 0.05) is 46.3 Å². The molecule has 12 heteroatoms. The fourth-order valence-electron chi connectivity index (χ4n) is 10.3. The Morgan fingerprint density at radius 1 is 0.393 bits per heavy atom. The number of benzene rings is 9. The Morgan fingerprint density at radius 3 is 1.05 bits per heavy atom. The van der Waals surface area contributed by atoms with Crippen LogP contribution in [0.1, 0.15) is 51.8 Å². The van der Waals surface area contributed by atoms with E-state index in [0.29, 0.717) is 76.6 Å². The van der Waals surface area contributed by atoms with E-state index < -0.39 is 11.5 Å². The van der Waals surface area contributed by atoms with Gasteiger partial charge in [-0.25, -0.2) is 0 Å². The topological polar surface area (TPSA) is 147 Å². The predicted octanol–water partition coefficient (Wildman–Crippen LogP) is 16.2. The summed E-state index contributed by atoms with van der Waals surface area (Å²) in [5.74, 6) is 3.41. The zero-order chi connectivity index (χ0) is 58.4. The van der Waals surface area contributed by atoms with Gasteiger partial charge in [0.1, 0.15) is 57.3 Å². The van der Waals surface area contributed by atoms with Gasteiger partial charge in [0.25, 0.3) is 0 Å². The molecule has 0 aromatic heterocycles. The summed E-state index contributed by atoms with van der Waals surface area (Å²) in [7, 11) is 0. The Balaban J connectivity index is 1.08. The summed E-state index contributed by atoms with van der Waals surface area (Å²) in [6.45, 7) is 4.23. The third-order valence-electron chi connectivity index (χ3n) is 15.1. The Morgan fingerprint density at radius 2 is 0.702 bits per heavy atom. The number of ether oxygens (including phenoxy) is 5. The van der Waals surface area contributed by atoms with Crippen molar-refractivity contribution in [1.29, 1.82) is 0 Å². The van der Waals surface area contributed by atoms with Crippen LogP contribution < -0.4 is 18.9 Å². The van der Waals surface area contributed by atoms with Gasteiger partial charge >= 0.3 is 0 Å². The summed E-state index contributed by atoms with van der Waals surface area (Å²) in [6, 6.07) is 65.2. The van der Waals surface area contributed by atoms with Gasteiger partial charge in [0.05, 0.1) is 37.0 Å². The molecular formula is C72H66I2O10. The zero-order valence-electron chi connectivity index (χ0n) is 46.5. The molecule has 9 aromatic carbocycles. The van der Waals surface area contributed by atoms with Gasteiger partial charge in [-0.1, -0.05) is 126 Å². The molecule has 5 N–H and O–H groups in total. The van der Waals surface area contributed by atoms with Crippen molar-refractivity contribution in [2.24, 2.45) is 0 Å². The van der Waals surface area contributed by atoms with E-state index in [1.807, 2.05) is 84.9 Å². The summed E-state index contributed by atoms with van der Waals surface area (Å²) in [5.41, 5.74) is 11.1. The van der Waals surface area contributed by atoms with E-state index in [4.69, 9.17) is 23.7 Å². The van der Waals surface area contributed by atoms with Gasteiger partial charge in [-0.3, -0.25) is 0 Å². The van der Waals surface area contributed by atoms with E-state index in [-0.39, 0.29) is 32.7 Å². The smallest absolute Gasteiger partial charge is 0.123 e. The first kappa shape index (κ1) is 59.2. The molecule has 0 spiro atoms. The zero-order valence-corrected chi connectivity index (χ0v) is 50.9. The maximum Gasteiger partial charge on any atom is 0.123 e. The molecule has 428 valence electrons. The van der Waals surface area contributed by atoms with E-state index in [1.165, 1.54) is 0 Å². The van der Waals surface area contributed by atoms with Crippen LogP contribution in [0.4, 0.5) is 0 Å². The highest BCUT2D eigenvalue weighted by Crippen LogP contribution is 2.52. The van der Waals surface area contributed by atoms with Crippen LogP contribution in [0.3, 0.4) is 0 Å². The van der Waals surface area contributed by atoms with E-state index in [9.17, 15) is 25.5 Å². The fraction of sp³-hybridized carbons (Fsp3) is 0.194. The summed E-state index contributed by atoms with van der Waals surface area (Å²) in [5, 5.41) is 50.0. The van der Waals surface area contributed by atoms with Crippen LogP contribution in [0.25, 0.3) is 22.3 Å². The predicted molar refractivity (Wildman–Crippen MR) is 349 cm³/mol. The third-order valence-corrected chi connectivity index (χ3v) is 17.3. The minimum atomic E-state index is -0.881. The number of halogens is 2. The second-order valence-corrected chi connectivity index (χ2v) is 23.6. The maximum absolute atomic E-state index is 10.1. The molecule has 2 unspecified atom stereocenters. The van der Waals surface area contributed by atoms with Gasteiger partial charge in [-0.2, -0.15) is 0 Å². The number of hydrogen-bond donors (Lipinski definition) is 5. The van der Waals surface area contributed by atoms with Crippen molar-refractivity contribution in [3.63, 3.8) is 0 Å².